The second-order valence-corrected chi connectivity index (χ2v) is 10.6. The van der Waals surface area contributed by atoms with Gasteiger partial charge in [-0.25, -0.2) is 4.98 Å². The average Bonchev–Trinajstić information content (AvgIpc) is 3.43. The number of fused-ring (bicyclic) bond motifs is 3. The second-order valence-electron chi connectivity index (χ2n) is 10.6. The highest BCUT2D eigenvalue weighted by Crippen LogP contribution is 2.52. The van der Waals surface area contributed by atoms with Gasteiger partial charge in [-0.1, -0.05) is 6.42 Å². The highest BCUT2D eigenvalue weighted by molar-refractivity contribution is 6.06. The van der Waals surface area contributed by atoms with Crippen LogP contribution < -0.4 is 5.32 Å². The Morgan fingerprint density at radius 2 is 2.03 bits per heavy atom. The first-order valence-electron chi connectivity index (χ1n) is 11.6. The molecule has 2 heterocycles. The van der Waals surface area contributed by atoms with E-state index in [4.69, 9.17) is 4.98 Å². The van der Waals surface area contributed by atoms with Crippen LogP contribution in [0.5, 0.6) is 5.75 Å². The van der Waals surface area contributed by atoms with Crippen LogP contribution in [0.3, 0.4) is 0 Å². The van der Waals surface area contributed by atoms with E-state index >= 15 is 0 Å². The van der Waals surface area contributed by atoms with Gasteiger partial charge in [-0.3, -0.25) is 4.79 Å². The van der Waals surface area contributed by atoms with Crippen molar-refractivity contribution in [1.29, 1.82) is 0 Å². The summed E-state index contributed by atoms with van der Waals surface area (Å²) < 4.78 is 0. The maximum atomic E-state index is 13.8. The van der Waals surface area contributed by atoms with Gasteiger partial charge in [0.05, 0.1) is 5.56 Å². The molecule has 162 valence electrons. The number of amides is 1. The molecular weight excluding hydrogens is 376 g/mol. The van der Waals surface area contributed by atoms with Crippen molar-refractivity contribution in [3.05, 3.63) is 23.5 Å². The number of nitrogens with one attached hydrogen (secondary N) is 2. The Balaban J connectivity index is 1.54. The monoisotopic (exact) mass is 410 g/mol. The van der Waals surface area contributed by atoms with Crippen LogP contribution in [-0.2, 0) is 0 Å². The SMILES string of the molecule is CC(C)(C)N(C(=O)c1ccc(O)c2[nH]c(C3CC4CCC3C4)nc12)[C@H]1CCCNC1. The quantitative estimate of drug-likeness (QED) is 0.710. The molecule has 3 N–H and O–H groups in total. The number of benzene rings is 1. The number of aromatic hydroxyl groups is 1. The van der Waals surface area contributed by atoms with Crippen molar-refractivity contribution < 1.29 is 9.90 Å². The average molecular weight is 411 g/mol. The molecule has 6 heteroatoms. The Morgan fingerprint density at radius 1 is 1.20 bits per heavy atom. The largest absolute Gasteiger partial charge is 0.506 e. The molecular formula is C24H34N4O2. The zero-order valence-corrected chi connectivity index (χ0v) is 18.4. The van der Waals surface area contributed by atoms with Crippen molar-refractivity contribution in [2.45, 2.75) is 76.8 Å². The van der Waals surface area contributed by atoms with Crippen LogP contribution in [-0.4, -0.2) is 50.6 Å². The molecule has 5 rings (SSSR count). The Morgan fingerprint density at radius 3 is 2.67 bits per heavy atom. The lowest BCUT2D eigenvalue weighted by atomic mass is 9.88. The lowest BCUT2D eigenvalue weighted by molar-refractivity contribution is 0.0394. The fourth-order valence-corrected chi connectivity index (χ4v) is 6.23. The van der Waals surface area contributed by atoms with Crippen molar-refractivity contribution in [3.8, 4) is 5.75 Å². The Labute approximate surface area is 178 Å². The van der Waals surface area contributed by atoms with E-state index in [0.717, 1.165) is 37.7 Å². The fourth-order valence-electron chi connectivity index (χ4n) is 6.23. The Hall–Kier alpha value is -2.08. The molecule has 1 aromatic heterocycles. The third-order valence-corrected chi connectivity index (χ3v) is 7.54. The zero-order valence-electron chi connectivity index (χ0n) is 18.4. The number of rotatable bonds is 3. The van der Waals surface area contributed by atoms with Crippen molar-refractivity contribution in [2.75, 3.05) is 13.1 Å². The molecule has 6 nitrogen and oxygen atoms in total. The molecule has 1 amide bonds. The van der Waals surface area contributed by atoms with Gasteiger partial charge in [-0.15, -0.1) is 0 Å². The topological polar surface area (TPSA) is 81.2 Å². The number of carbonyl (C=O) groups is 1. The number of phenols is 1. The molecule has 3 fully saturated rings. The highest BCUT2D eigenvalue weighted by atomic mass is 16.3. The minimum absolute atomic E-state index is 0.00666. The lowest BCUT2D eigenvalue weighted by Crippen LogP contribution is -2.56. The minimum Gasteiger partial charge on any atom is -0.506 e. The van der Waals surface area contributed by atoms with E-state index in [1.165, 1.54) is 25.7 Å². The summed E-state index contributed by atoms with van der Waals surface area (Å²) in [7, 11) is 0. The van der Waals surface area contributed by atoms with E-state index in [1.54, 1.807) is 12.1 Å². The minimum atomic E-state index is -0.297. The molecule has 2 aliphatic carbocycles. The molecule has 2 aromatic rings. The molecule has 2 saturated carbocycles. The van der Waals surface area contributed by atoms with Gasteiger partial charge in [0.2, 0.25) is 0 Å². The number of phenolic OH excluding ortho intramolecular Hbond substituents is 1. The predicted octanol–water partition coefficient (Wildman–Crippen LogP) is 4.16. The first-order chi connectivity index (χ1) is 14.3. The van der Waals surface area contributed by atoms with Crippen LogP contribution in [0, 0.1) is 11.8 Å². The molecule has 0 spiro atoms. The number of carbonyl (C=O) groups excluding carboxylic acids is 1. The molecule has 2 bridgehead atoms. The predicted molar refractivity (Wildman–Crippen MR) is 118 cm³/mol. The van der Waals surface area contributed by atoms with Crippen LogP contribution in [0.1, 0.15) is 81.4 Å². The fraction of sp³-hybridized carbons (Fsp3) is 0.667. The molecule has 0 radical (unpaired) electrons. The number of aromatic nitrogens is 2. The number of H-pyrrole nitrogens is 1. The van der Waals surface area contributed by atoms with Gasteiger partial charge in [0.15, 0.2) is 0 Å². The summed E-state index contributed by atoms with van der Waals surface area (Å²) >= 11 is 0. The molecule has 1 aromatic carbocycles. The van der Waals surface area contributed by atoms with Gasteiger partial charge in [0.25, 0.3) is 5.91 Å². The van der Waals surface area contributed by atoms with Crippen molar-refractivity contribution in [3.63, 3.8) is 0 Å². The van der Waals surface area contributed by atoms with E-state index < -0.39 is 0 Å². The summed E-state index contributed by atoms with van der Waals surface area (Å²) in [5.74, 6) is 3.07. The Bertz CT molecular complexity index is 954. The number of nitrogens with zero attached hydrogens (tertiary/aromatic N) is 2. The smallest absolute Gasteiger partial charge is 0.256 e. The number of aromatic amines is 1. The maximum absolute atomic E-state index is 13.8. The van der Waals surface area contributed by atoms with Gasteiger partial charge in [0.1, 0.15) is 22.6 Å². The third kappa shape index (κ3) is 3.29. The first-order valence-corrected chi connectivity index (χ1v) is 11.6. The highest BCUT2D eigenvalue weighted by Gasteiger charge is 2.42. The van der Waals surface area contributed by atoms with Gasteiger partial charge >= 0.3 is 0 Å². The van der Waals surface area contributed by atoms with Crippen molar-refractivity contribution in [2.24, 2.45) is 11.8 Å². The van der Waals surface area contributed by atoms with E-state index in [2.05, 4.69) is 31.1 Å². The van der Waals surface area contributed by atoms with Gasteiger partial charge in [0, 0.05) is 24.0 Å². The van der Waals surface area contributed by atoms with Crippen LogP contribution in [0.2, 0.25) is 0 Å². The van der Waals surface area contributed by atoms with Gasteiger partial charge in [-0.05, 0) is 83.4 Å². The first kappa shape index (κ1) is 19.9. The molecule has 3 aliphatic rings. The number of hydrogen-bond donors (Lipinski definition) is 3. The van der Waals surface area contributed by atoms with Crippen molar-refractivity contribution >= 4 is 16.9 Å². The summed E-state index contributed by atoms with van der Waals surface area (Å²) in [4.78, 5) is 24.2. The normalized spacial score (nSPS) is 28.9. The maximum Gasteiger partial charge on any atom is 0.256 e. The molecule has 1 saturated heterocycles. The van der Waals surface area contributed by atoms with Crippen LogP contribution >= 0.6 is 0 Å². The van der Waals surface area contributed by atoms with Crippen LogP contribution in [0.25, 0.3) is 11.0 Å². The lowest BCUT2D eigenvalue weighted by Gasteiger charge is -2.43. The second kappa shape index (κ2) is 7.26. The van der Waals surface area contributed by atoms with E-state index in [0.29, 0.717) is 28.4 Å². The number of piperidine rings is 1. The van der Waals surface area contributed by atoms with E-state index in [1.807, 2.05) is 4.90 Å². The standard InChI is InChI=1S/C24H34N4O2/c1-24(2,3)28(16-5-4-10-25-13-16)23(30)17-8-9-19(29)21-20(17)26-22(27-21)18-12-14-6-7-15(18)11-14/h8-9,14-16,18,25,29H,4-7,10-13H2,1-3H3,(H,26,27)/t14?,15?,16-,18?/m0/s1. The summed E-state index contributed by atoms with van der Waals surface area (Å²) in [6.07, 6.45) is 7.17. The van der Waals surface area contributed by atoms with Crippen LogP contribution in [0.4, 0.5) is 0 Å². The summed E-state index contributed by atoms with van der Waals surface area (Å²) in [6, 6.07) is 3.55. The summed E-state index contributed by atoms with van der Waals surface area (Å²) in [5, 5.41) is 13.9. The summed E-state index contributed by atoms with van der Waals surface area (Å²) in [6.45, 7) is 8.13. The number of imidazole rings is 1. The Kier molecular flexibility index (Phi) is 4.80. The molecule has 30 heavy (non-hydrogen) atoms. The van der Waals surface area contributed by atoms with Crippen LogP contribution in [0.15, 0.2) is 12.1 Å². The summed E-state index contributed by atoms with van der Waals surface area (Å²) in [5.41, 5.74) is 1.52. The number of hydrogen-bond acceptors (Lipinski definition) is 4. The molecule has 4 atom stereocenters. The third-order valence-electron chi connectivity index (χ3n) is 7.54. The molecule has 1 aliphatic heterocycles. The van der Waals surface area contributed by atoms with Crippen molar-refractivity contribution in [1.82, 2.24) is 20.2 Å². The zero-order chi connectivity index (χ0) is 21.0. The van der Waals surface area contributed by atoms with E-state index in [9.17, 15) is 9.90 Å². The van der Waals surface area contributed by atoms with Gasteiger partial charge < -0.3 is 20.3 Å². The van der Waals surface area contributed by atoms with E-state index in [-0.39, 0.29) is 23.2 Å². The van der Waals surface area contributed by atoms with Gasteiger partial charge in [-0.2, -0.15) is 0 Å². The molecule has 3 unspecified atom stereocenters.